The average Bonchev–Trinajstić information content (AvgIpc) is 3.39. The molecule has 3 aromatic rings. The van der Waals surface area contributed by atoms with Gasteiger partial charge in [0.2, 0.25) is 0 Å². The summed E-state index contributed by atoms with van der Waals surface area (Å²) in [5.74, 6) is 0.0700. The molecule has 0 radical (unpaired) electrons. The average molecular weight is 348 g/mol. The van der Waals surface area contributed by atoms with Gasteiger partial charge in [0.1, 0.15) is 0 Å². The summed E-state index contributed by atoms with van der Waals surface area (Å²) >= 11 is 0. The maximum Gasteiger partial charge on any atom is 0.256 e. The van der Waals surface area contributed by atoms with Crippen LogP contribution in [0.5, 0.6) is 0 Å². The van der Waals surface area contributed by atoms with Crippen molar-refractivity contribution >= 4 is 16.9 Å². The number of carbonyl (C=O) groups is 1. The first-order valence-electron chi connectivity index (χ1n) is 9.24. The van der Waals surface area contributed by atoms with Crippen LogP contribution in [-0.2, 0) is 6.54 Å². The third-order valence-electron chi connectivity index (χ3n) is 4.92. The summed E-state index contributed by atoms with van der Waals surface area (Å²) < 4.78 is 1.90. The number of nitrogens with zero attached hydrogens (tertiary/aromatic N) is 4. The van der Waals surface area contributed by atoms with E-state index in [9.17, 15) is 4.79 Å². The molecule has 2 heterocycles. The van der Waals surface area contributed by atoms with E-state index in [1.807, 2.05) is 40.8 Å². The molecule has 1 amide bonds. The van der Waals surface area contributed by atoms with Crippen molar-refractivity contribution in [2.24, 2.45) is 0 Å². The minimum atomic E-state index is 0.0700. The number of hydrogen-bond donors (Lipinski definition) is 0. The Morgan fingerprint density at radius 3 is 2.65 bits per heavy atom. The summed E-state index contributed by atoms with van der Waals surface area (Å²) in [4.78, 5) is 20.0. The lowest BCUT2D eigenvalue weighted by Crippen LogP contribution is -2.33. The van der Waals surface area contributed by atoms with Crippen LogP contribution in [0.2, 0.25) is 0 Å². The van der Waals surface area contributed by atoms with Gasteiger partial charge >= 0.3 is 0 Å². The zero-order chi connectivity index (χ0) is 18.3. The van der Waals surface area contributed by atoms with Crippen molar-refractivity contribution in [2.45, 2.75) is 52.2 Å². The minimum Gasteiger partial charge on any atom is -0.331 e. The van der Waals surface area contributed by atoms with Gasteiger partial charge in [0.05, 0.1) is 17.5 Å². The zero-order valence-electron chi connectivity index (χ0n) is 15.5. The van der Waals surface area contributed by atoms with Crippen LogP contribution in [0.15, 0.2) is 42.6 Å². The quantitative estimate of drug-likeness (QED) is 0.697. The molecule has 0 atom stereocenters. The molecular formula is C21H24N4O. The number of amides is 1. The molecule has 5 heteroatoms. The summed E-state index contributed by atoms with van der Waals surface area (Å²) in [6.45, 7) is 6.72. The van der Waals surface area contributed by atoms with Gasteiger partial charge in [0, 0.05) is 24.0 Å². The Balaban J connectivity index is 1.68. The van der Waals surface area contributed by atoms with Crippen LogP contribution in [0.1, 0.15) is 54.3 Å². The molecule has 0 spiro atoms. The first kappa shape index (κ1) is 16.8. The molecule has 0 bridgehead atoms. The molecular weight excluding hydrogens is 324 g/mol. The highest BCUT2D eigenvalue weighted by Gasteiger charge is 2.34. The highest BCUT2D eigenvalue weighted by atomic mass is 16.2. The Bertz CT molecular complexity index is 941. The van der Waals surface area contributed by atoms with E-state index in [1.165, 1.54) is 0 Å². The van der Waals surface area contributed by atoms with Crippen molar-refractivity contribution in [3.8, 4) is 0 Å². The lowest BCUT2D eigenvalue weighted by atomic mass is 10.1. The molecule has 1 aromatic carbocycles. The van der Waals surface area contributed by atoms with E-state index in [0.717, 1.165) is 35.1 Å². The van der Waals surface area contributed by atoms with Crippen LogP contribution in [0.25, 0.3) is 11.0 Å². The first-order chi connectivity index (χ1) is 12.5. The Kier molecular flexibility index (Phi) is 4.23. The van der Waals surface area contributed by atoms with E-state index >= 15 is 0 Å². The van der Waals surface area contributed by atoms with Gasteiger partial charge < -0.3 is 4.90 Å². The van der Waals surface area contributed by atoms with Gasteiger partial charge in [-0.25, -0.2) is 9.67 Å². The van der Waals surface area contributed by atoms with Crippen LogP contribution < -0.4 is 0 Å². The lowest BCUT2D eigenvalue weighted by Gasteiger charge is -2.23. The van der Waals surface area contributed by atoms with Gasteiger partial charge in [-0.3, -0.25) is 4.79 Å². The van der Waals surface area contributed by atoms with Crippen LogP contribution in [0, 0.1) is 6.92 Å². The van der Waals surface area contributed by atoms with Crippen LogP contribution in [0.3, 0.4) is 0 Å². The van der Waals surface area contributed by atoms with Crippen molar-refractivity contribution in [3.05, 3.63) is 59.4 Å². The fourth-order valence-corrected chi connectivity index (χ4v) is 3.35. The lowest BCUT2D eigenvalue weighted by molar-refractivity contribution is 0.0729. The molecule has 1 fully saturated rings. The van der Waals surface area contributed by atoms with Crippen molar-refractivity contribution < 1.29 is 4.79 Å². The second-order valence-corrected chi connectivity index (χ2v) is 7.37. The molecule has 0 unspecified atom stereocenters. The fraction of sp³-hybridized carbons (Fsp3) is 0.381. The van der Waals surface area contributed by atoms with E-state index in [0.29, 0.717) is 18.2 Å². The number of carbonyl (C=O) groups excluding carboxylic acids is 1. The zero-order valence-corrected chi connectivity index (χ0v) is 15.5. The summed E-state index contributed by atoms with van der Waals surface area (Å²) in [6, 6.07) is 12.7. The number of aromatic nitrogens is 3. The molecule has 5 nitrogen and oxygen atoms in total. The monoisotopic (exact) mass is 348 g/mol. The molecule has 4 rings (SSSR count). The summed E-state index contributed by atoms with van der Waals surface area (Å²) in [6.07, 6.45) is 3.97. The maximum atomic E-state index is 13.3. The largest absolute Gasteiger partial charge is 0.331 e. The highest BCUT2D eigenvalue weighted by Crippen LogP contribution is 2.31. The van der Waals surface area contributed by atoms with Crippen molar-refractivity contribution in [2.75, 3.05) is 0 Å². The molecule has 26 heavy (non-hydrogen) atoms. The van der Waals surface area contributed by atoms with Crippen molar-refractivity contribution in [3.63, 3.8) is 0 Å². The maximum absolute atomic E-state index is 13.3. The minimum absolute atomic E-state index is 0.0700. The van der Waals surface area contributed by atoms with Crippen LogP contribution >= 0.6 is 0 Å². The third-order valence-corrected chi connectivity index (χ3v) is 4.92. The highest BCUT2D eigenvalue weighted by molar-refractivity contribution is 5.98. The number of hydrogen-bond acceptors (Lipinski definition) is 3. The van der Waals surface area contributed by atoms with E-state index in [4.69, 9.17) is 4.98 Å². The Morgan fingerprint density at radius 2 is 2.00 bits per heavy atom. The number of pyridine rings is 1. The van der Waals surface area contributed by atoms with Gasteiger partial charge in [0.25, 0.3) is 5.91 Å². The molecule has 1 aliphatic rings. The predicted molar refractivity (Wildman–Crippen MR) is 102 cm³/mol. The number of rotatable bonds is 5. The van der Waals surface area contributed by atoms with Gasteiger partial charge in [-0.15, -0.1) is 0 Å². The number of benzene rings is 1. The second kappa shape index (κ2) is 6.56. The number of aryl methyl sites for hydroxylation is 1. The Labute approximate surface area is 153 Å². The molecule has 134 valence electrons. The molecule has 1 saturated carbocycles. The molecule has 0 N–H and O–H groups in total. The summed E-state index contributed by atoms with van der Waals surface area (Å²) in [7, 11) is 0. The second-order valence-electron chi connectivity index (χ2n) is 7.37. The fourth-order valence-electron chi connectivity index (χ4n) is 3.35. The van der Waals surface area contributed by atoms with Gasteiger partial charge in [-0.05, 0) is 45.2 Å². The van der Waals surface area contributed by atoms with Crippen LogP contribution in [-0.4, -0.2) is 31.6 Å². The van der Waals surface area contributed by atoms with Crippen LogP contribution in [0.4, 0.5) is 0 Å². The van der Waals surface area contributed by atoms with Crippen molar-refractivity contribution in [1.82, 2.24) is 19.7 Å². The Hall–Kier alpha value is -2.69. The Morgan fingerprint density at radius 1 is 1.27 bits per heavy atom. The normalized spacial score (nSPS) is 14.2. The summed E-state index contributed by atoms with van der Waals surface area (Å²) in [5.41, 5.74) is 3.45. The third kappa shape index (κ3) is 3.09. The molecule has 0 saturated heterocycles. The van der Waals surface area contributed by atoms with E-state index in [1.54, 1.807) is 6.20 Å². The van der Waals surface area contributed by atoms with E-state index in [-0.39, 0.29) is 11.9 Å². The molecule has 2 aromatic heterocycles. The smallest absolute Gasteiger partial charge is 0.256 e. The van der Waals surface area contributed by atoms with Gasteiger partial charge in [-0.2, -0.15) is 5.10 Å². The SMILES string of the molecule is Cc1nc2c(cnn2C(C)C)cc1C(=O)N(Cc1ccccc1)C1CC1. The van der Waals surface area contributed by atoms with E-state index < -0.39 is 0 Å². The predicted octanol–water partition coefficient (Wildman–Crippen LogP) is 4.13. The molecule has 0 aliphatic heterocycles. The first-order valence-corrected chi connectivity index (χ1v) is 9.24. The van der Waals surface area contributed by atoms with Gasteiger partial charge in [-0.1, -0.05) is 30.3 Å². The molecule has 1 aliphatic carbocycles. The van der Waals surface area contributed by atoms with Gasteiger partial charge in [0.15, 0.2) is 5.65 Å². The topological polar surface area (TPSA) is 51.0 Å². The van der Waals surface area contributed by atoms with E-state index in [2.05, 4.69) is 31.1 Å². The standard InChI is InChI=1S/C21H24N4O/c1-14(2)25-20-17(12-22-25)11-19(15(3)23-20)21(26)24(18-9-10-18)13-16-7-5-4-6-8-16/h4-8,11-12,14,18H,9-10,13H2,1-3H3. The van der Waals surface area contributed by atoms with Crippen molar-refractivity contribution in [1.29, 1.82) is 0 Å². The number of fused-ring (bicyclic) bond motifs is 1. The summed E-state index contributed by atoms with van der Waals surface area (Å²) in [5, 5.41) is 5.35.